The summed E-state index contributed by atoms with van der Waals surface area (Å²) in [7, 11) is 0. The molecular formula is C13H9BrF3NO3. The SMILES string of the molecule is O=C(Nc1ccc(OCC(F)(F)F)cc1)c1ccc(Br)o1. The zero-order valence-corrected chi connectivity index (χ0v) is 12.0. The zero-order valence-electron chi connectivity index (χ0n) is 10.4. The molecular weight excluding hydrogens is 355 g/mol. The standard InChI is InChI=1S/C13H9BrF3NO3/c14-11-6-5-10(21-11)12(19)18-8-1-3-9(4-2-8)20-7-13(15,16)17/h1-6H,7H2,(H,18,19). The van der Waals surface area contributed by atoms with Crippen LogP contribution in [0.25, 0.3) is 0 Å². The Kier molecular flexibility index (Phi) is 4.56. The fourth-order valence-electron chi connectivity index (χ4n) is 1.43. The Labute approximate surface area is 126 Å². The second kappa shape index (κ2) is 6.21. The maximum Gasteiger partial charge on any atom is 0.422 e. The van der Waals surface area contributed by atoms with Gasteiger partial charge in [-0.15, -0.1) is 0 Å². The molecule has 0 bridgehead atoms. The van der Waals surface area contributed by atoms with E-state index in [0.29, 0.717) is 10.4 Å². The summed E-state index contributed by atoms with van der Waals surface area (Å²) >= 11 is 3.07. The molecule has 1 N–H and O–H groups in total. The van der Waals surface area contributed by atoms with Crippen LogP contribution in [0.2, 0.25) is 0 Å². The van der Waals surface area contributed by atoms with Crippen molar-refractivity contribution in [2.75, 3.05) is 11.9 Å². The van der Waals surface area contributed by atoms with Crippen LogP contribution in [-0.4, -0.2) is 18.7 Å². The Bertz CT molecular complexity index is 622. The molecule has 0 aliphatic heterocycles. The third-order valence-electron chi connectivity index (χ3n) is 2.31. The van der Waals surface area contributed by atoms with Gasteiger partial charge in [0.15, 0.2) is 17.0 Å². The van der Waals surface area contributed by atoms with Crippen LogP contribution in [0, 0.1) is 0 Å². The molecule has 8 heteroatoms. The topological polar surface area (TPSA) is 51.5 Å². The van der Waals surface area contributed by atoms with E-state index in [2.05, 4.69) is 26.0 Å². The summed E-state index contributed by atoms with van der Waals surface area (Å²) in [6.07, 6.45) is -4.39. The maximum atomic E-state index is 12.0. The predicted molar refractivity (Wildman–Crippen MR) is 72.4 cm³/mol. The van der Waals surface area contributed by atoms with Crippen LogP contribution in [0.5, 0.6) is 5.75 Å². The number of halogens is 4. The highest BCUT2D eigenvalue weighted by atomic mass is 79.9. The molecule has 1 aromatic carbocycles. The average molecular weight is 364 g/mol. The van der Waals surface area contributed by atoms with Gasteiger partial charge in [-0.05, 0) is 52.3 Å². The van der Waals surface area contributed by atoms with Crippen molar-refractivity contribution < 1.29 is 27.1 Å². The first-order chi connectivity index (χ1) is 9.83. The number of benzene rings is 1. The third kappa shape index (κ3) is 4.82. The lowest BCUT2D eigenvalue weighted by atomic mass is 10.3. The molecule has 1 aromatic heterocycles. The van der Waals surface area contributed by atoms with Crippen molar-refractivity contribution >= 4 is 27.5 Å². The van der Waals surface area contributed by atoms with Gasteiger partial charge < -0.3 is 14.5 Å². The fourth-order valence-corrected chi connectivity index (χ4v) is 1.74. The van der Waals surface area contributed by atoms with Crippen LogP contribution in [0.15, 0.2) is 45.5 Å². The van der Waals surface area contributed by atoms with Gasteiger partial charge >= 0.3 is 6.18 Å². The van der Waals surface area contributed by atoms with Crippen molar-refractivity contribution in [1.82, 2.24) is 0 Å². The van der Waals surface area contributed by atoms with Crippen molar-refractivity contribution in [3.63, 3.8) is 0 Å². The highest BCUT2D eigenvalue weighted by Crippen LogP contribution is 2.21. The summed E-state index contributed by atoms with van der Waals surface area (Å²) < 4.78 is 46.0. The first kappa shape index (κ1) is 15.4. The first-order valence-corrected chi connectivity index (χ1v) is 6.49. The highest BCUT2D eigenvalue weighted by molar-refractivity contribution is 9.10. The Hall–Kier alpha value is -1.96. The van der Waals surface area contributed by atoms with E-state index < -0.39 is 18.7 Å². The molecule has 0 saturated carbocycles. The van der Waals surface area contributed by atoms with Gasteiger partial charge in [-0.2, -0.15) is 13.2 Å². The zero-order chi connectivity index (χ0) is 15.5. The lowest BCUT2D eigenvalue weighted by molar-refractivity contribution is -0.153. The molecule has 0 atom stereocenters. The van der Waals surface area contributed by atoms with E-state index in [-0.39, 0.29) is 11.5 Å². The van der Waals surface area contributed by atoms with Gasteiger partial charge in [0.25, 0.3) is 5.91 Å². The van der Waals surface area contributed by atoms with E-state index in [1.165, 1.54) is 30.3 Å². The maximum absolute atomic E-state index is 12.0. The molecule has 0 fully saturated rings. The summed E-state index contributed by atoms with van der Waals surface area (Å²) in [5.41, 5.74) is 0.409. The van der Waals surface area contributed by atoms with Crippen LogP contribution < -0.4 is 10.1 Å². The Morgan fingerprint density at radius 3 is 2.38 bits per heavy atom. The number of carbonyl (C=O) groups excluding carboxylic acids is 1. The summed E-state index contributed by atoms with van der Waals surface area (Å²) in [5.74, 6) is -0.296. The molecule has 0 aliphatic carbocycles. The molecule has 0 aliphatic rings. The smallest absolute Gasteiger partial charge is 0.422 e. The van der Waals surface area contributed by atoms with Crippen LogP contribution >= 0.6 is 15.9 Å². The Morgan fingerprint density at radius 1 is 1.19 bits per heavy atom. The number of hydrogen-bond donors (Lipinski definition) is 1. The first-order valence-electron chi connectivity index (χ1n) is 5.70. The number of furan rings is 1. The fraction of sp³-hybridized carbons (Fsp3) is 0.154. The van der Waals surface area contributed by atoms with E-state index in [0.717, 1.165) is 0 Å². The van der Waals surface area contributed by atoms with Crippen LogP contribution in [-0.2, 0) is 0 Å². The van der Waals surface area contributed by atoms with Crippen LogP contribution in [0.4, 0.5) is 18.9 Å². The minimum absolute atomic E-state index is 0.0612. The van der Waals surface area contributed by atoms with Crippen molar-refractivity contribution in [3.8, 4) is 5.75 Å². The molecule has 0 unspecified atom stereocenters. The normalized spacial score (nSPS) is 11.2. The number of anilines is 1. The van der Waals surface area contributed by atoms with E-state index in [1.54, 1.807) is 6.07 Å². The van der Waals surface area contributed by atoms with Gasteiger partial charge in [-0.1, -0.05) is 0 Å². The molecule has 0 radical (unpaired) electrons. The summed E-state index contributed by atoms with van der Waals surface area (Å²) in [5, 5.41) is 2.54. The van der Waals surface area contributed by atoms with Gasteiger partial charge in [0.2, 0.25) is 0 Å². The third-order valence-corrected chi connectivity index (χ3v) is 2.74. The predicted octanol–water partition coefficient (Wildman–Crippen LogP) is 4.24. The van der Waals surface area contributed by atoms with Gasteiger partial charge in [0.1, 0.15) is 5.75 Å². The van der Waals surface area contributed by atoms with Crippen molar-refractivity contribution in [2.45, 2.75) is 6.18 Å². The molecule has 2 rings (SSSR count). The van der Waals surface area contributed by atoms with E-state index in [4.69, 9.17) is 4.42 Å². The van der Waals surface area contributed by atoms with Crippen LogP contribution in [0.3, 0.4) is 0 Å². The average Bonchev–Trinajstić information content (AvgIpc) is 2.84. The van der Waals surface area contributed by atoms with Crippen molar-refractivity contribution in [2.24, 2.45) is 0 Å². The number of hydrogen-bond acceptors (Lipinski definition) is 3. The minimum Gasteiger partial charge on any atom is -0.484 e. The largest absolute Gasteiger partial charge is 0.484 e. The van der Waals surface area contributed by atoms with Crippen molar-refractivity contribution in [3.05, 3.63) is 46.8 Å². The van der Waals surface area contributed by atoms with E-state index in [1.807, 2.05) is 0 Å². The number of ether oxygens (including phenoxy) is 1. The minimum atomic E-state index is -4.39. The monoisotopic (exact) mass is 363 g/mol. The molecule has 2 aromatic rings. The van der Waals surface area contributed by atoms with E-state index in [9.17, 15) is 18.0 Å². The summed E-state index contributed by atoms with van der Waals surface area (Å²) in [6.45, 7) is -1.36. The lowest BCUT2D eigenvalue weighted by Crippen LogP contribution is -2.19. The number of carbonyl (C=O) groups is 1. The molecule has 1 heterocycles. The van der Waals surface area contributed by atoms with Gasteiger partial charge in [-0.3, -0.25) is 4.79 Å². The number of alkyl halides is 3. The molecule has 1 amide bonds. The van der Waals surface area contributed by atoms with Gasteiger partial charge in [-0.25, -0.2) is 0 Å². The van der Waals surface area contributed by atoms with Gasteiger partial charge in [0, 0.05) is 5.69 Å². The summed E-state index contributed by atoms with van der Waals surface area (Å²) in [6, 6.07) is 8.59. The van der Waals surface area contributed by atoms with Crippen LogP contribution in [0.1, 0.15) is 10.6 Å². The number of rotatable bonds is 4. The second-order valence-corrected chi connectivity index (χ2v) is 4.77. The number of nitrogens with one attached hydrogen (secondary N) is 1. The summed E-state index contributed by atoms with van der Waals surface area (Å²) in [4.78, 5) is 11.8. The lowest BCUT2D eigenvalue weighted by Gasteiger charge is -2.09. The molecule has 0 saturated heterocycles. The quantitative estimate of drug-likeness (QED) is 0.883. The Balaban J connectivity index is 1.94. The molecule has 21 heavy (non-hydrogen) atoms. The molecule has 0 spiro atoms. The molecule has 4 nitrogen and oxygen atoms in total. The number of amides is 1. The Morgan fingerprint density at radius 2 is 1.86 bits per heavy atom. The highest BCUT2D eigenvalue weighted by Gasteiger charge is 2.28. The second-order valence-electron chi connectivity index (χ2n) is 3.99. The van der Waals surface area contributed by atoms with Gasteiger partial charge in [0.05, 0.1) is 0 Å². The van der Waals surface area contributed by atoms with E-state index >= 15 is 0 Å². The van der Waals surface area contributed by atoms with Crippen molar-refractivity contribution in [1.29, 1.82) is 0 Å². The molecule has 112 valence electrons.